The van der Waals surface area contributed by atoms with Crippen LogP contribution in [0, 0.1) is 6.92 Å². The standard InChI is InChI=1S/C12H18ClN5O/c1-7-10(14)11(17-12(13)15-7)18-5-3-9(4-6-18)16-8(2)19/h9H,3-6,14H2,1-2H3,(H,16,19). The Balaban J connectivity index is 2.07. The molecule has 6 nitrogen and oxygen atoms in total. The molecule has 0 bridgehead atoms. The molecule has 1 fully saturated rings. The summed E-state index contributed by atoms with van der Waals surface area (Å²) in [6.45, 7) is 4.94. The second-order valence-electron chi connectivity index (χ2n) is 4.78. The number of aryl methyl sites for hydroxylation is 1. The maximum atomic E-state index is 11.0. The number of anilines is 2. The summed E-state index contributed by atoms with van der Waals surface area (Å²) < 4.78 is 0. The Hall–Kier alpha value is -1.56. The predicted molar refractivity (Wildman–Crippen MR) is 75.2 cm³/mol. The zero-order chi connectivity index (χ0) is 14.0. The smallest absolute Gasteiger partial charge is 0.224 e. The van der Waals surface area contributed by atoms with E-state index in [0.717, 1.165) is 25.9 Å². The number of hydrogen-bond acceptors (Lipinski definition) is 5. The molecule has 19 heavy (non-hydrogen) atoms. The van der Waals surface area contributed by atoms with Gasteiger partial charge in [-0.05, 0) is 31.4 Å². The fraction of sp³-hybridized carbons (Fsp3) is 0.583. The van der Waals surface area contributed by atoms with Crippen LogP contribution < -0.4 is 16.0 Å². The fourth-order valence-electron chi connectivity index (χ4n) is 2.30. The Labute approximate surface area is 117 Å². The third-order valence-corrected chi connectivity index (χ3v) is 3.46. The molecule has 0 unspecified atom stereocenters. The number of carbonyl (C=O) groups excluding carboxylic acids is 1. The molecular weight excluding hydrogens is 266 g/mol. The molecule has 3 N–H and O–H groups in total. The minimum atomic E-state index is 0.0129. The zero-order valence-corrected chi connectivity index (χ0v) is 11.9. The summed E-state index contributed by atoms with van der Waals surface area (Å²) in [4.78, 5) is 21.4. The molecular formula is C12H18ClN5O. The molecule has 1 aliphatic heterocycles. The third kappa shape index (κ3) is 3.26. The van der Waals surface area contributed by atoms with Crippen molar-refractivity contribution in [2.75, 3.05) is 23.7 Å². The molecule has 1 aromatic rings. The van der Waals surface area contributed by atoms with E-state index in [4.69, 9.17) is 17.3 Å². The average Bonchev–Trinajstić information content (AvgIpc) is 2.34. The van der Waals surface area contributed by atoms with Gasteiger partial charge in [0.2, 0.25) is 11.2 Å². The van der Waals surface area contributed by atoms with E-state index in [1.54, 1.807) is 0 Å². The van der Waals surface area contributed by atoms with Gasteiger partial charge in [-0.15, -0.1) is 0 Å². The molecule has 0 radical (unpaired) electrons. The van der Waals surface area contributed by atoms with E-state index in [0.29, 0.717) is 17.2 Å². The van der Waals surface area contributed by atoms with Crippen molar-refractivity contribution >= 4 is 29.0 Å². The Bertz CT molecular complexity index is 485. The monoisotopic (exact) mass is 283 g/mol. The highest BCUT2D eigenvalue weighted by Gasteiger charge is 2.23. The fourth-order valence-corrected chi connectivity index (χ4v) is 2.50. The lowest BCUT2D eigenvalue weighted by molar-refractivity contribution is -0.119. The number of amides is 1. The molecule has 2 heterocycles. The van der Waals surface area contributed by atoms with Gasteiger partial charge in [0.05, 0.1) is 11.4 Å². The van der Waals surface area contributed by atoms with E-state index in [1.807, 2.05) is 6.92 Å². The minimum Gasteiger partial charge on any atom is -0.394 e. The number of piperidine rings is 1. The van der Waals surface area contributed by atoms with Gasteiger partial charge in [0, 0.05) is 26.1 Å². The first kappa shape index (κ1) is 13.9. The maximum Gasteiger partial charge on any atom is 0.224 e. The maximum absolute atomic E-state index is 11.0. The molecule has 0 atom stereocenters. The summed E-state index contributed by atoms with van der Waals surface area (Å²) in [5.74, 6) is 0.706. The second-order valence-corrected chi connectivity index (χ2v) is 5.12. The van der Waals surface area contributed by atoms with Crippen molar-refractivity contribution in [3.05, 3.63) is 11.0 Å². The highest BCUT2D eigenvalue weighted by molar-refractivity contribution is 6.28. The summed E-state index contributed by atoms with van der Waals surface area (Å²) >= 11 is 5.88. The number of rotatable bonds is 2. The molecule has 104 valence electrons. The van der Waals surface area contributed by atoms with Gasteiger partial charge in [0.1, 0.15) is 0 Å². The summed E-state index contributed by atoms with van der Waals surface area (Å²) in [5, 5.41) is 3.15. The SMILES string of the molecule is CC(=O)NC1CCN(c2nc(Cl)nc(C)c2N)CC1. The van der Waals surface area contributed by atoms with E-state index in [2.05, 4.69) is 20.2 Å². The van der Waals surface area contributed by atoms with Gasteiger partial charge in [-0.25, -0.2) is 4.98 Å². The second kappa shape index (κ2) is 5.61. The predicted octanol–water partition coefficient (Wildman–Crippen LogP) is 1.13. The van der Waals surface area contributed by atoms with Crippen LogP contribution in [0.15, 0.2) is 0 Å². The van der Waals surface area contributed by atoms with E-state index in [-0.39, 0.29) is 17.2 Å². The Morgan fingerprint density at radius 2 is 2.05 bits per heavy atom. The summed E-state index contributed by atoms with van der Waals surface area (Å²) in [6, 6.07) is 0.230. The van der Waals surface area contributed by atoms with Crippen LogP contribution >= 0.6 is 11.6 Å². The lowest BCUT2D eigenvalue weighted by Gasteiger charge is -2.33. The average molecular weight is 284 g/mol. The van der Waals surface area contributed by atoms with E-state index in [9.17, 15) is 4.79 Å². The Morgan fingerprint density at radius 3 is 2.63 bits per heavy atom. The normalized spacial score (nSPS) is 16.5. The lowest BCUT2D eigenvalue weighted by atomic mass is 10.0. The quantitative estimate of drug-likeness (QED) is 0.795. The number of aromatic nitrogens is 2. The van der Waals surface area contributed by atoms with Gasteiger partial charge in [-0.1, -0.05) is 0 Å². The molecule has 1 saturated heterocycles. The number of nitrogen functional groups attached to an aromatic ring is 1. The molecule has 1 amide bonds. The van der Waals surface area contributed by atoms with Gasteiger partial charge in [0.15, 0.2) is 5.82 Å². The molecule has 2 rings (SSSR count). The van der Waals surface area contributed by atoms with Crippen molar-refractivity contribution in [1.82, 2.24) is 15.3 Å². The van der Waals surface area contributed by atoms with Crippen molar-refractivity contribution in [2.45, 2.75) is 32.7 Å². The van der Waals surface area contributed by atoms with Crippen LogP contribution in [0.4, 0.5) is 11.5 Å². The van der Waals surface area contributed by atoms with Crippen molar-refractivity contribution in [1.29, 1.82) is 0 Å². The summed E-state index contributed by atoms with van der Waals surface area (Å²) in [7, 11) is 0. The van der Waals surface area contributed by atoms with E-state index >= 15 is 0 Å². The Kier molecular flexibility index (Phi) is 4.09. The lowest BCUT2D eigenvalue weighted by Crippen LogP contribution is -2.44. The summed E-state index contributed by atoms with van der Waals surface area (Å²) in [5.41, 5.74) is 7.27. The molecule has 7 heteroatoms. The van der Waals surface area contributed by atoms with Crippen LogP contribution in [0.25, 0.3) is 0 Å². The molecule has 0 aromatic carbocycles. The first-order valence-corrected chi connectivity index (χ1v) is 6.67. The highest BCUT2D eigenvalue weighted by atomic mass is 35.5. The highest BCUT2D eigenvalue weighted by Crippen LogP contribution is 2.27. The number of carbonyl (C=O) groups is 1. The number of nitrogens with zero attached hydrogens (tertiary/aromatic N) is 3. The van der Waals surface area contributed by atoms with Crippen LogP contribution in [-0.2, 0) is 4.79 Å². The van der Waals surface area contributed by atoms with Crippen LogP contribution in [0.2, 0.25) is 5.28 Å². The van der Waals surface area contributed by atoms with Crippen molar-refractivity contribution in [3.63, 3.8) is 0 Å². The van der Waals surface area contributed by atoms with Crippen molar-refractivity contribution in [3.8, 4) is 0 Å². The molecule has 1 aliphatic rings. The van der Waals surface area contributed by atoms with Gasteiger partial charge < -0.3 is 16.0 Å². The molecule has 0 saturated carbocycles. The minimum absolute atomic E-state index is 0.0129. The van der Waals surface area contributed by atoms with Crippen molar-refractivity contribution in [2.24, 2.45) is 0 Å². The Morgan fingerprint density at radius 1 is 1.42 bits per heavy atom. The van der Waals surface area contributed by atoms with Crippen LogP contribution in [0.5, 0.6) is 0 Å². The molecule has 1 aromatic heterocycles. The van der Waals surface area contributed by atoms with Gasteiger partial charge in [-0.2, -0.15) is 4.98 Å². The van der Waals surface area contributed by atoms with E-state index in [1.165, 1.54) is 6.92 Å². The summed E-state index contributed by atoms with van der Waals surface area (Å²) in [6.07, 6.45) is 1.75. The topological polar surface area (TPSA) is 84.1 Å². The first-order valence-electron chi connectivity index (χ1n) is 6.29. The molecule has 0 aliphatic carbocycles. The largest absolute Gasteiger partial charge is 0.394 e. The van der Waals surface area contributed by atoms with Crippen LogP contribution in [-0.4, -0.2) is 35.0 Å². The van der Waals surface area contributed by atoms with Gasteiger partial charge in [0.25, 0.3) is 0 Å². The number of nitrogens with two attached hydrogens (primary N) is 1. The third-order valence-electron chi connectivity index (χ3n) is 3.29. The van der Waals surface area contributed by atoms with Crippen LogP contribution in [0.3, 0.4) is 0 Å². The van der Waals surface area contributed by atoms with Gasteiger partial charge in [-0.3, -0.25) is 4.79 Å². The number of halogens is 1. The van der Waals surface area contributed by atoms with Crippen molar-refractivity contribution < 1.29 is 4.79 Å². The first-order chi connectivity index (χ1) is 8.97. The number of nitrogens with one attached hydrogen (secondary N) is 1. The molecule has 0 spiro atoms. The van der Waals surface area contributed by atoms with Gasteiger partial charge >= 0.3 is 0 Å². The van der Waals surface area contributed by atoms with E-state index < -0.39 is 0 Å². The number of hydrogen-bond donors (Lipinski definition) is 2. The van der Waals surface area contributed by atoms with Crippen LogP contribution in [0.1, 0.15) is 25.5 Å². The zero-order valence-electron chi connectivity index (χ0n) is 11.1.